The van der Waals surface area contributed by atoms with E-state index in [0.29, 0.717) is 22.0 Å². The standard InChI is InChI=1S/C19H12ClN3O3/c20-16-4-2-1-3-14(16)18-15(11-21)17(26-23-18)9-10-22-13-7-5-12(6-8-13)19(24)25/h1-10,22H,(H,24,25). The summed E-state index contributed by atoms with van der Waals surface area (Å²) in [4.78, 5) is 10.8. The Morgan fingerprint density at radius 1 is 1.23 bits per heavy atom. The van der Waals surface area contributed by atoms with Crippen molar-refractivity contribution in [1.29, 1.82) is 5.26 Å². The number of halogens is 1. The highest BCUT2D eigenvalue weighted by molar-refractivity contribution is 6.33. The highest BCUT2D eigenvalue weighted by Gasteiger charge is 2.17. The summed E-state index contributed by atoms with van der Waals surface area (Å²) in [6.45, 7) is 0. The summed E-state index contributed by atoms with van der Waals surface area (Å²) in [7, 11) is 0. The molecule has 2 N–H and O–H groups in total. The van der Waals surface area contributed by atoms with Gasteiger partial charge in [-0.15, -0.1) is 0 Å². The number of carboxylic acids is 1. The van der Waals surface area contributed by atoms with Gasteiger partial charge in [0, 0.05) is 23.5 Å². The minimum Gasteiger partial charge on any atom is -0.478 e. The van der Waals surface area contributed by atoms with Crippen LogP contribution in [0.15, 0.2) is 59.3 Å². The number of carbonyl (C=O) groups is 1. The second-order valence-electron chi connectivity index (χ2n) is 5.22. The lowest BCUT2D eigenvalue weighted by molar-refractivity contribution is 0.0697. The zero-order valence-corrected chi connectivity index (χ0v) is 14.1. The van der Waals surface area contributed by atoms with Crippen LogP contribution in [0.5, 0.6) is 0 Å². The Hall–Kier alpha value is -3.56. The fraction of sp³-hybridized carbons (Fsp3) is 0. The van der Waals surface area contributed by atoms with Crippen LogP contribution in [0.3, 0.4) is 0 Å². The Balaban J connectivity index is 1.80. The van der Waals surface area contributed by atoms with Gasteiger partial charge in [-0.1, -0.05) is 35.0 Å². The third-order valence-corrected chi connectivity index (χ3v) is 3.91. The van der Waals surface area contributed by atoms with Gasteiger partial charge in [0.1, 0.15) is 17.3 Å². The molecule has 3 rings (SSSR count). The van der Waals surface area contributed by atoms with Gasteiger partial charge >= 0.3 is 5.97 Å². The minimum atomic E-state index is -0.987. The maximum absolute atomic E-state index is 10.8. The van der Waals surface area contributed by atoms with Gasteiger partial charge in [-0.3, -0.25) is 0 Å². The van der Waals surface area contributed by atoms with Crippen LogP contribution in [0.2, 0.25) is 5.02 Å². The third-order valence-electron chi connectivity index (χ3n) is 3.58. The summed E-state index contributed by atoms with van der Waals surface area (Å²) in [6.07, 6.45) is 3.14. The quantitative estimate of drug-likeness (QED) is 0.682. The van der Waals surface area contributed by atoms with Crippen molar-refractivity contribution in [3.05, 3.63) is 76.6 Å². The highest BCUT2D eigenvalue weighted by atomic mass is 35.5. The molecule has 128 valence electrons. The normalized spacial score (nSPS) is 10.6. The van der Waals surface area contributed by atoms with Crippen LogP contribution < -0.4 is 5.32 Å². The molecule has 0 spiro atoms. The summed E-state index contributed by atoms with van der Waals surface area (Å²) in [5.41, 5.74) is 2.16. The molecule has 0 aliphatic rings. The zero-order chi connectivity index (χ0) is 18.5. The molecule has 0 unspecified atom stereocenters. The van der Waals surface area contributed by atoms with Crippen LogP contribution in [0.4, 0.5) is 5.69 Å². The summed E-state index contributed by atoms with van der Waals surface area (Å²) in [6, 6.07) is 15.4. The van der Waals surface area contributed by atoms with Gasteiger partial charge < -0.3 is 14.9 Å². The van der Waals surface area contributed by atoms with Gasteiger partial charge in [-0.2, -0.15) is 5.26 Å². The number of nitriles is 1. The summed E-state index contributed by atoms with van der Waals surface area (Å²) < 4.78 is 5.25. The van der Waals surface area contributed by atoms with Crippen molar-refractivity contribution >= 4 is 29.3 Å². The van der Waals surface area contributed by atoms with Gasteiger partial charge in [-0.05, 0) is 30.3 Å². The van der Waals surface area contributed by atoms with Crippen molar-refractivity contribution in [2.45, 2.75) is 0 Å². The fourth-order valence-electron chi connectivity index (χ4n) is 2.28. The largest absolute Gasteiger partial charge is 0.478 e. The van der Waals surface area contributed by atoms with Crippen molar-refractivity contribution in [3.63, 3.8) is 0 Å². The molecule has 2 aromatic carbocycles. The molecule has 6 nitrogen and oxygen atoms in total. The lowest BCUT2D eigenvalue weighted by atomic mass is 10.1. The molecule has 0 fully saturated rings. The van der Waals surface area contributed by atoms with Gasteiger partial charge in [-0.25, -0.2) is 4.79 Å². The molecular formula is C19H12ClN3O3. The second-order valence-corrected chi connectivity index (χ2v) is 5.63. The molecule has 0 amide bonds. The Kier molecular flexibility index (Phi) is 5.02. The first kappa shape index (κ1) is 17.3. The summed E-state index contributed by atoms with van der Waals surface area (Å²) in [5.74, 6) is -0.698. The predicted molar refractivity (Wildman–Crippen MR) is 97.7 cm³/mol. The van der Waals surface area contributed by atoms with Crippen LogP contribution in [-0.4, -0.2) is 16.2 Å². The molecule has 7 heteroatoms. The van der Waals surface area contributed by atoms with Crippen molar-refractivity contribution in [2.75, 3.05) is 5.32 Å². The molecule has 0 radical (unpaired) electrons. The molecule has 26 heavy (non-hydrogen) atoms. The Morgan fingerprint density at radius 2 is 1.96 bits per heavy atom. The third kappa shape index (κ3) is 3.58. The zero-order valence-electron chi connectivity index (χ0n) is 13.3. The highest BCUT2D eigenvalue weighted by Crippen LogP contribution is 2.31. The van der Waals surface area contributed by atoms with Crippen molar-refractivity contribution < 1.29 is 14.4 Å². The molecule has 0 saturated heterocycles. The van der Waals surface area contributed by atoms with Crippen LogP contribution in [0, 0.1) is 11.3 Å². The lowest BCUT2D eigenvalue weighted by Gasteiger charge is -2.00. The van der Waals surface area contributed by atoms with Crippen LogP contribution in [0.25, 0.3) is 17.3 Å². The minimum absolute atomic E-state index is 0.200. The molecule has 0 aliphatic carbocycles. The van der Waals surface area contributed by atoms with E-state index in [1.165, 1.54) is 12.1 Å². The predicted octanol–water partition coefficient (Wildman–Crippen LogP) is 4.65. The maximum atomic E-state index is 10.8. The maximum Gasteiger partial charge on any atom is 0.335 e. The van der Waals surface area contributed by atoms with E-state index in [1.807, 2.05) is 0 Å². The number of nitrogens with zero attached hydrogens (tertiary/aromatic N) is 2. The van der Waals surface area contributed by atoms with Crippen molar-refractivity contribution in [1.82, 2.24) is 5.16 Å². The van der Waals surface area contributed by atoms with E-state index in [1.54, 1.807) is 48.7 Å². The number of aromatic carboxylic acids is 1. The molecular weight excluding hydrogens is 354 g/mol. The molecule has 0 bridgehead atoms. The van der Waals surface area contributed by atoms with E-state index in [9.17, 15) is 10.1 Å². The fourth-order valence-corrected chi connectivity index (χ4v) is 2.51. The number of benzene rings is 2. The van der Waals surface area contributed by atoms with Gasteiger partial charge in [0.05, 0.1) is 10.6 Å². The number of hydrogen-bond donors (Lipinski definition) is 2. The SMILES string of the molecule is N#Cc1c(-c2ccccc2Cl)noc1C=CNc1ccc(C(=O)O)cc1. The van der Waals surface area contributed by atoms with Gasteiger partial charge in [0.25, 0.3) is 0 Å². The number of anilines is 1. The Labute approximate surface area is 153 Å². The molecule has 3 aromatic rings. The van der Waals surface area contributed by atoms with Gasteiger partial charge in [0.2, 0.25) is 0 Å². The Morgan fingerprint density at radius 3 is 2.62 bits per heavy atom. The molecule has 0 atom stereocenters. The van der Waals surface area contributed by atoms with E-state index >= 15 is 0 Å². The first-order chi connectivity index (χ1) is 12.6. The second kappa shape index (κ2) is 7.55. The average Bonchev–Trinajstić information content (AvgIpc) is 3.05. The number of rotatable bonds is 5. The van der Waals surface area contributed by atoms with E-state index in [0.717, 1.165) is 0 Å². The average molecular weight is 366 g/mol. The summed E-state index contributed by atoms with van der Waals surface area (Å²) in [5, 5.41) is 25.7. The van der Waals surface area contributed by atoms with E-state index in [-0.39, 0.29) is 16.9 Å². The monoisotopic (exact) mass is 365 g/mol. The molecule has 1 aromatic heterocycles. The van der Waals surface area contributed by atoms with Crippen molar-refractivity contribution in [3.8, 4) is 17.3 Å². The van der Waals surface area contributed by atoms with Crippen LogP contribution >= 0.6 is 11.6 Å². The first-order valence-corrected chi connectivity index (χ1v) is 7.89. The lowest BCUT2D eigenvalue weighted by Crippen LogP contribution is -1.96. The van der Waals surface area contributed by atoms with Crippen LogP contribution in [-0.2, 0) is 0 Å². The van der Waals surface area contributed by atoms with E-state index in [2.05, 4.69) is 16.5 Å². The van der Waals surface area contributed by atoms with Crippen LogP contribution in [0.1, 0.15) is 21.7 Å². The van der Waals surface area contributed by atoms with E-state index in [4.69, 9.17) is 21.2 Å². The number of carboxylic acid groups (broad SMARTS) is 1. The first-order valence-electron chi connectivity index (χ1n) is 7.51. The van der Waals surface area contributed by atoms with Gasteiger partial charge in [0.15, 0.2) is 5.76 Å². The van der Waals surface area contributed by atoms with Crippen molar-refractivity contribution in [2.24, 2.45) is 0 Å². The number of nitrogens with one attached hydrogen (secondary N) is 1. The molecule has 1 heterocycles. The molecule has 0 saturated carbocycles. The topological polar surface area (TPSA) is 99.2 Å². The summed E-state index contributed by atoms with van der Waals surface area (Å²) >= 11 is 6.15. The Bertz CT molecular complexity index is 1020. The smallest absolute Gasteiger partial charge is 0.335 e. The van der Waals surface area contributed by atoms with E-state index < -0.39 is 5.97 Å². The number of aromatic nitrogens is 1. The number of hydrogen-bond acceptors (Lipinski definition) is 5. The molecule has 0 aliphatic heterocycles.